The van der Waals surface area contributed by atoms with Crippen LogP contribution in [0.25, 0.3) is 0 Å². The number of halogens is 3. The van der Waals surface area contributed by atoms with Gasteiger partial charge in [-0.3, -0.25) is 0 Å². The summed E-state index contributed by atoms with van der Waals surface area (Å²) in [5, 5.41) is 0. The molecule has 1 rings (SSSR count). The maximum atomic E-state index is 12.4. The number of anilines is 1. The van der Waals surface area contributed by atoms with Gasteiger partial charge in [0.2, 0.25) is 0 Å². The van der Waals surface area contributed by atoms with E-state index in [9.17, 15) is 12.9 Å². The molecular weight excluding hydrogens is 265 g/mol. The van der Waals surface area contributed by atoms with Crippen molar-refractivity contribution in [3.05, 3.63) is 41.9 Å². The summed E-state index contributed by atoms with van der Waals surface area (Å²) in [4.78, 5) is 1.55. The molecule has 1 nitrogen and oxygen atoms in total. The second kappa shape index (κ2) is 7.75. The molecule has 0 aliphatic rings. The fraction of sp³-hybridized carbons (Fsp3) is 0.333. The molecule has 94 valence electrons. The third kappa shape index (κ3) is 5.49. The number of aryl methyl sites for hydroxylation is 1. The van der Waals surface area contributed by atoms with E-state index in [-0.39, 0.29) is 57.9 Å². The molecule has 0 N–H and O–H groups in total. The summed E-state index contributed by atoms with van der Waals surface area (Å²) < 4.78 is 37.1. The molecule has 0 fully saturated rings. The first-order valence-electron chi connectivity index (χ1n) is 5.52. The molecule has 0 spiro atoms. The Morgan fingerprint density at radius 2 is 1.72 bits per heavy atom. The Morgan fingerprint density at radius 1 is 1.22 bits per heavy atom. The van der Waals surface area contributed by atoms with Crippen LogP contribution in [-0.4, -0.2) is 20.6 Å². The molecule has 0 unspecified atom stereocenters. The summed E-state index contributed by atoms with van der Waals surface area (Å²) in [7, 11) is 1.63. The van der Waals surface area contributed by atoms with Gasteiger partial charge in [0.15, 0.2) is 0 Å². The topological polar surface area (TPSA) is 3.24 Å². The Balaban J connectivity index is 0.00000289. The predicted molar refractivity (Wildman–Crippen MR) is 67.3 cm³/mol. The van der Waals surface area contributed by atoms with Crippen LogP contribution in [0, 0.1) is 0 Å². The fourth-order valence-electron chi connectivity index (χ4n) is 1.49. The summed E-state index contributed by atoms with van der Waals surface area (Å²) >= 11 is 0. The van der Waals surface area contributed by atoms with Crippen LogP contribution >= 0.6 is 0 Å². The van der Waals surface area contributed by atoms with Crippen LogP contribution in [0.4, 0.5) is 18.6 Å². The van der Waals surface area contributed by atoms with Crippen LogP contribution in [0.2, 0.25) is 0 Å². The van der Waals surface area contributed by atoms with E-state index >= 15 is 0 Å². The zero-order valence-electron chi connectivity index (χ0n) is 11.1. The van der Waals surface area contributed by atoms with Gasteiger partial charge in [-0.2, -0.15) is 0 Å². The van der Waals surface area contributed by atoms with Crippen molar-refractivity contribution in [3.8, 4) is 0 Å². The Labute approximate surface area is 149 Å². The third-order valence-corrected chi connectivity index (χ3v) is 2.69. The van der Waals surface area contributed by atoms with Crippen LogP contribution in [0.5, 0.6) is 0 Å². The summed E-state index contributed by atoms with van der Waals surface area (Å²) in [5.41, 5.74) is 1.26. The zero-order chi connectivity index (χ0) is 13.1. The quantitative estimate of drug-likeness (QED) is 0.716. The zero-order valence-corrected chi connectivity index (χ0v) is 14.2. The first-order valence-corrected chi connectivity index (χ1v) is 5.52. The van der Waals surface area contributed by atoms with E-state index < -0.39 is 12.4 Å². The predicted octanol–water partition coefficient (Wildman–Crippen LogP) is 0.632. The molecule has 1 aromatic rings. The largest absolute Gasteiger partial charge is 1.00 e. The van der Waals surface area contributed by atoms with Crippen molar-refractivity contribution in [2.75, 3.05) is 18.5 Å². The van der Waals surface area contributed by atoms with E-state index in [2.05, 4.69) is 6.58 Å². The average molecular weight is 281 g/mol. The molecule has 0 bridgehead atoms. The van der Waals surface area contributed by atoms with Crippen molar-refractivity contribution >= 4 is 12.7 Å². The minimum atomic E-state index is -4.95. The van der Waals surface area contributed by atoms with E-state index in [4.69, 9.17) is 0 Å². The minimum absolute atomic E-state index is 0. The van der Waals surface area contributed by atoms with Crippen LogP contribution in [0.3, 0.4) is 0 Å². The molecule has 0 saturated carbocycles. The normalized spacial score (nSPS) is 10.7. The Hall–Kier alpha value is 0.251. The van der Waals surface area contributed by atoms with E-state index in [1.807, 2.05) is 31.2 Å². The van der Waals surface area contributed by atoms with Gasteiger partial charge >= 0.3 is 58.4 Å². The molecule has 0 aliphatic carbocycles. The second-order valence-corrected chi connectivity index (χ2v) is 4.11. The molecule has 0 aromatic heterocycles. The fourth-order valence-corrected chi connectivity index (χ4v) is 1.49. The molecule has 0 aliphatic heterocycles. The van der Waals surface area contributed by atoms with Crippen LogP contribution < -0.4 is 56.3 Å². The molecule has 0 atom stereocenters. The Morgan fingerprint density at radius 3 is 2.11 bits per heavy atom. The van der Waals surface area contributed by atoms with E-state index in [1.54, 1.807) is 11.9 Å². The molecule has 0 heterocycles. The van der Waals surface area contributed by atoms with Gasteiger partial charge in [-0.1, -0.05) is 19.1 Å². The third-order valence-electron chi connectivity index (χ3n) is 2.69. The van der Waals surface area contributed by atoms with Crippen molar-refractivity contribution in [1.29, 1.82) is 0 Å². The van der Waals surface area contributed by atoms with Gasteiger partial charge in [0.05, 0.1) is 0 Å². The van der Waals surface area contributed by atoms with Gasteiger partial charge in [0, 0.05) is 19.3 Å². The van der Waals surface area contributed by atoms with E-state index in [0.29, 0.717) is 0 Å². The second-order valence-electron chi connectivity index (χ2n) is 4.11. The SMILES string of the molecule is C=C(CN(C)c1ccc(CC)cc1)[B-](F)(F)F.[K+]. The van der Waals surface area contributed by atoms with Crippen molar-refractivity contribution < 1.29 is 64.3 Å². The van der Waals surface area contributed by atoms with E-state index in [0.717, 1.165) is 12.1 Å². The summed E-state index contributed by atoms with van der Waals surface area (Å²) in [6, 6.07) is 7.51. The Kier molecular flexibility index (Phi) is 7.86. The van der Waals surface area contributed by atoms with Gasteiger partial charge in [0.25, 0.3) is 0 Å². The number of nitrogens with zero attached hydrogens (tertiary/aromatic N) is 1. The average Bonchev–Trinajstić information content (AvgIpc) is 2.27. The number of hydrogen-bond donors (Lipinski definition) is 0. The molecule has 0 amide bonds. The van der Waals surface area contributed by atoms with Crippen molar-refractivity contribution in [2.24, 2.45) is 0 Å². The first-order chi connectivity index (χ1) is 7.84. The monoisotopic (exact) mass is 281 g/mol. The standard InChI is InChI=1S/C12H16BF3N.K/c1-4-11-5-7-12(8-6-11)17(3)9-10(2)13(14,15)16;/h5-8H,2,4,9H2,1,3H3;/q-1;+1. The molecule has 0 saturated heterocycles. The molecule has 6 heteroatoms. The summed E-state index contributed by atoms with van der Waals surface area (Å²) in [6.45, 7) is -0.0114. The Bertz CT molecular complexity index is 389. The number of hydrogen-bond acceptors (Lipinski definition) is 1. The minimum Gasteiger partial charge on any atom is -0.445 e. The smallest absolute Gasteiger partial charge is 0.445 e. The van der Waals surface area contributed by atoms with Crippen LogP contribution in [0.15, 0.2) is 36.3 Å². The maximum Gasteiger partial charge on any atom is 1.00 e. The van der Waals surface area contributed by atoms with Crippen molar-refractivity contribution in [2.45, 2.75) is 13.3 Å². The molecule has 18 heavy (non-hydrogen) atoms. The van der Waals surface area contributed by atoms with Gasteiger partial charge in [-0.15, -0.1) is 12.1 Å². The van der Waals surface area contributed by atoms with Crippen molar-refractivity contribution in [1.82, 2.24) is 0 Å². The maximum absolute atomic E-state index is 12.4. The number of rotatable bonds is 5. The van der Waals surface area contributed by atoms with Gasteiger partial charge in [-0.05, 0) is 24.1 Å². The number of benzene rings is 1. The first kappa shape index (κ1) is 18.3. The van der Waals surface area contributed by atoms with Gasteiger partial charge < -0.3 is 17.8 Å². The summed E-state index contributed by atoms with van der Waals surface area (Å²) in [5.74, 6) is 0. The molecule has 1 aromatic carbocycles. The van der Waals surface area contributed by atoms with E-state index in [1.165, 1.54) is 5.56 Å². The number of likely N-dealkylation sites (N-methyl/N-ethyl adjacent to an activating group) is 1. The summed E-state index contributed by atoms with van der Waals surface area (Å²) in [6.07, 6.45) is 0.919. The van der Waals surface area contributed by atoms with Gasteiger partial charge in [0.1, 0.15) is 0 Å². The van der Waals surface area contributed by atoms with Crippen LogP contribution in [-0.2, 0) is 6.42 Å². The molecule has 0 radical (unpaired) electrons. The van der Waals surface area contributed by atoms with Crippen LogP contribution in [0.1, 0.15) is 12.5 Å². The van der Waals surface area contributed by atoms with Gasteiger partial charge in [-0.25, -0.2) is 0 Å². The van der Waals surface area contributed by atoms with Crippen molar-refractivity contribution in [3.63, 3.8) is 0 Å². The molecular formula is C12H16BF3KN.